The van der Waals surface area contributed by atoms with Crippen molar-refractivity contribution in [2.45, 2.75) is 27.3 Å². The van der Waals surface area contributed by atoms with Crippen LogP contribution in [-0.2, 0) is 6.54 Å². The number of rotatable bonds is 4. The predicted molar refractivity (Wildman–Crippen MR) is 77.4 cm³/mol. The van der Waals surface area contributed by atoms with Crippen LogP contribution in [0, 0.1) is 20.8 Å². The first-order valence-electron chi connectivity index (χ1n) is 6.55. The van der Waals surface area contributed by atoms with Crippen molar-refractivity contribution in [3.05, 3.63) is 58.9 Å². The quantitative estimate of drug-likeness (QED) is 0.896. The minimum absolute atomic E-state index is 0.0116. The van der Waals surface area contributed by atoms with E-state index in [2.05, 4.69) is 35.9 Å². The van der Waals surface area contributed by atoms with Gasteiger partial charge in [-0.05, 0) is 45.0 Å². The number of benzene rings is 1. The Morgan fingerprint density at radius 2 is 1.58 bits per heavy atom. The number of amides is 1. The zero-order valence-electron chi connectivity index (χ0n) is 11.7. The van der Waals surface area contributed by atoms with Gasteiger partial charge < -0.3 is 9.88 Å². The van der Waals surface area contributed by atoms with Gasteiger partial charge in [-0.2, -0.15) is 0 Å². The summed E-state index contributed by atoms with van der Waals surface area (Å²) >= 11 is 0. The van der Waals surface area contributed by atoms with E-state index in [1.807, 2.05) is 31.2 Å². The first-order valence-corrected chi connectivity index (χ1v) is 6.55. The molecule has 0 aliphatic carbocycles. The average molecular weight is 256 g/mol. The number of nitrogens with one attached hydrogen (secondary N) is 1. The molecular weight excluding hydrogens is 236 g/mol. The molecule has 1 heterocycles. The summed E-state index contributed by atoms with van der Waals surface area (Å²) in [6.45, 7) is 7.62. The van der Waals surface area contributed by atoms with Crippen LogP contribution in [0.4, 0.5) is 0 Å². The zero-order chi connectivity index (χ0) is 13.8. The normalized spacial score (nSPS) is 10.5. The Bertz CT molecular complexity index is 547. The summed E-state index contributed by atoms with van der Waals surface area (Å²) in [6.07, 6.45) is 0. The van der Waals surface area contributed by atoms with Crippen molar-refractivity contribution in [2.75, 3.05) is 6.54 Å². The Morgan fingerprint density at radius 1 is 1.00 bits per heavy atom. The molecule has 0 fully saturated rings. The SMILES string of the molecule is Cc1ccc(C(=O)NCCn2c(C)ccc2C)cc1. The molecule has 0 atom stereocenters. The van der Waals surface area contributed by atoms with Crippen LogP contribution in [0.3, 0.4) is 0 Å². The van der Waals surface area contributed by atoms with E-state index < -0.39 is 0 Å². The number of nitrogens with zero attached hydrogens (tertiary/aromatic N) is 1. The minimum atomic E-state index is -0.0116. The topological polar surface area (TPSA) is 34.0 Å². The molecule has 2 rings (SSSR count). The third kappa shape index (κ3) is 3.25. The van der Waals surface area contributed by atoms with Crippen LogP contribution in [0.5, 0.6) is 0 Å². The third-order valence-electron chi connectivity index (χ3n) is 3.35. The Hall–Kier alpha value is -2.03. The maximum atomic E-state index is 11.9. The first kappa shape index (κ1) is 13.4. The molecule has 0 unspecified atom stereocenters. The summed E-state index contributed by atoms with van der Waals surface area (Å²) < 4.78 is 2.20. The lowest BCUT2D eigenvalue weighted by Gasteiger charge is -2.10. The number of hydrogen-bond acceptors (Lipinski definition) is 1. The van der Waals surface area contributed by atoms with E-state index >= 15 is 0 Å². The van der Waals surface area contributed by atoms with Crippen LogP contribution >= 0.6 is 0 Å². The molecule has 0 saturated heterocycles. The average Bonchev–Trinajstić information content (AvgIpc) is 2.71. The summed E-state index contributed by atoms with van der Waals surface area (Å²) in [5.74, 6) is -0.0116. The van der Waals surface area contributed by atoms with Gasteiger partial charge in [0.15, 0.2) is 0 Å². The fraction of sp³-hybridized carbons (Fsp3) is 0.312. The fourth-order valence-electron chi connectivity index (χ4n) is 2.14. The van der Waals surface area contributed by atoms with Crippen molar-refractivity contribution in [1.82, 2.24) is 9.88 Å². The maximum Gasteiger partial charge on any atom is 0.251 e. The van der Waals surface area contributed by atoms with Gasteiger partial charge in [-0.15, -0.1) is 0 Å². The van der Waals surface area contributed by atoms with Crippen LogP contribution in [0.1, 0.15) is 27.3 Å². The van der Waals surface area contributed by atoms with Crippen LogP contribution in [0.2, 0.25) is 0 Å². The molecule has 1 aromatic carbocycles. The lowest BCUT2D eigenvalue weighted by Crippen LogP contribution is -2.27. The van der Waals surface area contributed by atoms with E-state index in [0.717, 1.165) is 12.1 Å². The molecule has 3 heteroatoms. The number of hydrogen-bond donors (Lipinski definition) is 1. The Kier molecular flexibility index (Phi) is 4.05. The van der Waals surface area contributed by atoms with Crippen molar-refractivity contribution in [3.8, 4) is 0 Å². The molecule has 1 N–H and O–H groups in total. The van der Waals surface area contributed by atoms with E-state index in [9.17, 15) is 4.79 Å². The third-order valence-corrected chi connectivity index (χ3v) is 3.35. The van der Waals surface area contributed by atoms with E-state index in [0.29, 0.717) is 12.1 Å². The lowest BCUT2D eigenvalue weighted by molar-refractivity contribution is 0.0952. The van der Waals surface area contributed by atoms with Gasteiger partial charge in [0.05, 0.1) is 0 Å². The minimum Gasteiger partial charge on any atom is -0.350 e. The highest BCUT2D eigenvalue weighted by molar-refractivity contribution is 5.94. The largest absolute Gasteiger partial charge is 0.350 e. The number of carbonyl (C=O) groups excluding carboxylic acids is 1. The summed E-state index contributed by atoms with van der Waals surface area (Å²) in [6, 6.07) is 11.8. The van der Waals surface area contributed by atoms with E-state index in [4.69, 9.17) is 0 Å². The zero-order valence-corrected chi connectivity index (χ0v) is 11.7. The highest BCUT2D eigenvalue weighted by atomic mass is 16.1. The first-order chi connectivity index (χ1) is 9.08. The second-order valence-electron chi connectivity index (χ2n) is 4.89. The molecule has 0 saturated carbocycles. The molecule has 0 spiro atoms. The molecule has 0 radical (unpaired) electrons. The van der Waals surface area contributed by atoms with Crippen molar-refractivity contribution in [2.24, 2.45) is 0 Å². The van der Waals surface area contributed by atoms with Gasteiger partial charge in [0.25, 0.3) is 5.91 Å². The molecule has 19 heavy (non-hydrogen) atoms. The maximum absolute atomic E-state index is 11.9. The molecule has 0 aliphatic rings. The van der Waals surface area contributed by atoms with Crippen LogP contribution in [0.15, 0.2) is 36.4 Å². The Balaban J connectivity index is 1.89. The number of carbonyl (C=O) groups is 1. The van der Waals surface area contributed by atoms with Gasteiger partial charge >= 0.3 is 0 Å². The predicted octanol–water partition coefficient (Wildman–Crippen LogP) is 2.84. The Labute approximate surface area is 114 Å². The summed E-state index contributed by atoms with van der Waals surface area (Å²) in [5, 5.41) is 2.95. The molecule has 1 amide bonds. The molecule has 3 nitrogen and oxygen atoms in total. The van der Waals surface area contributed by atoms with Crippen molar-refractivity contribution in [3.63, 3.8) is 0 Å². The monoisotopic (exact) mass is 256 g/mol. The van der Waals surface area contributed by atoms with Crippen molar-refractivity contribution >= 4 is 5.91 Å². The fourth-order valence-corrected chi connectivity index (χ4v) is 2.14. The standard InChI is InChI=1S/C16H20N2O/c1-12-4-8-15(9-5-12)16(19)17-10-11-18-13(2)6-7-14(18)3/h4-9H,10-11H2,1-3H3,(H,17,19). The molecular formula is C16H20N2O. The number of aromatic nitrogens is 1. The lowest BCUT2D eigenvalue weighted by atomic mass is 10.1. The van der Waals surface area contributed by atoms with E-state index in [1.165, 1.54) is 11.4 Å². The van der Waals surface area contributed by atoms with Crippen LogP contribution < -0.4 is 5.32 Å². The molecule has 100 valence electrons. The smallest absolute Gasteiger partial charge is 0.251 e. The second kappa shape index (κ2) is 5.74. The summed E-state index contributed by atoms with van der Waals surface area (Å²) in [5.41, 5.74) is 4.32. The summed E-state index contributed by atoms with van der Waals surface area (Å²) in [4.78, 5) is 11.9. The Morgan fingerprint density at radius 3 is 2.16 bits per heavy atom. The number of aryl methyl sites for hydroxylation is 3. The van der Waals surface area contributed by atoms with E-state index in [1.54, 1.807) is 0 Å². The van der Waals surface area contributed by atoms with Gasteiger partial charge in [0.2, 0.25) is 0 Å². The van der Waals surface area contributed by atoms with Gasteiger partial charge in [0, 0.05) is 30.0 Å². The summed E-state index contributed by atoms with van der Waals surface area (Å²) in [7, 11) is 0. The van der Waals surface area contributed by atoms with Crippen LogP contribution in [-0.4, -0.2) is 17.0 Å². The van der Waals surface area contributed by atoms with Crippen molar-refractivity contribution < 1.29 is 4.79 Å². The molecule has 2 aromatic rings. The van der Waals surface area contributed by atoms with Gasteiger partial charge in [-0.1, -0.05) is 17.7 Å². The second-order valence-corrected chi connectivity index (χ2v) is 4.89. The molecule has 1 aromatic heterocycles. The van der Waals surface area contributed by atoms with Crippen LogP contribution in [0.25, 0.3) is 0 Å². The van der Waals surface area contributed by atoms with Gasteiger partial charge in [-0.25, -0.2) is 0 Å². The van der Waals surface area contributed by atoms with Gasteiger partial charge in [0.1, 0.15) is 0 Å². The highest BCUT2D eigenvalue weighted by Crippen LogP contribution is 2.06. The van der Waals surface area contributed by atoms with E-state index in [-0.39, 0.29) is 5.91 Å². The highest BCUT2D eigenvalue weighted by Gasteiger charge is 2.05. The molecule has 0 aliphatic heterocycles. The molecule has 0 bridgehead atoms. The van der Waals surface area contributed by atoms with Gasteiger partial charge in [-0.3, -0.25) is 4.79 Å². The van der Waals surface area contributed by atoms with Crippen molar-refractivity contribution in [1.29, 1.82) is 0 Å².